The Hall–Kier alpha value is -0.170. The van der Waals surface area contributed by atoms with Gasteiger partial charge in [0.15, 0.2) is 0 Å². The van der Waals surface area contributed by atoms with Gasteiger partial charge in [-0.25, -0.2) is 8.37 Å². The molecule has 1 N–H and O–H groups in total. The monoisotopic (exact) mass is 254 g/mol. The summed E-state index contributed by atoms with van der Waals surface area (Å²) in [5.74, 6) is 0. The SMILES string of the molecule is CCCCCCCCOS(=O)(=O)OCCO. The van der Waals surface area contributed by atoms with E-state index >= 15 is 0 Å². The minimum Gasteiger partial charge on any atom is -0.394 e. The van der Waals surface area contributed by atoms with Crippen molar-refractivity contribution in [3.05, 3.63) is 0 Å². The highest BCUT2D eigenvalue weighted by Gasteiger charge is 2.10. The van der Waals surface area contributed by atoms with Crippen molar-refractivity contribution in [1.29, 1.82) is 0 Å². The minimum atomic E-state index is -3.90. The third-order valence-corrected chi connectivity index (χ3v) is 2.96. The predicted molar refractivity (Wildman–Crippen MR) is 61.3 cm³/mol. The van der Waals surface area contributed by atoms with Crippen molar-refractivity contribution in [1.82, 2.24) is 0 Å². The summed E-state index contributed by atoms with van der Waals surface area (Å²) < 4.78 is 30.8. The second kappa shape index (κ2) is 10.0. The lowest BCUT2D eigenvalue weighted by Crippen LogP contribution is -2.13. The minimum absolute atomic E-state index is 0.153. The average molecular weight is 254 g/mol. The molecular formula is C10H22O5S. The Balaban J connectivity index is 3.36. The number of hydrogen-bond acceptors (Lipinski definition) is 5. The lowest BCUT2D eigenvalue weighted by atomic mass is 10.1. The molecule has 0 aliphatic rings. The Morgan fingerprint density at radius 3 is 2.12 bits per heavy atom. The highest BCUT2D eigenvalue weighted by Crippen LogP contribution is 2.06. The van der Waals surface area contributed by atoms with Crippen LogP contribution in [0.3, 0.4) is 0 Å². The van der Waals surface area contributed by atoms with Crippen molar-refractivity contribution >= 4 is 10.4 Å². The van der Waals surface area contributed by atoms with Gasteiger partial charge in [0, 0.05) is 0 Å². The molecule has 0 spiro atoms. The van der Waals surface area contributed by atoms with Crippen LogP contribution in [0.2, 0.25) is 0 Å². The highest BCUT2D eigenvalue weighted by molar-refractivity contribution is 7.81. The summed E-state index contributed by atoms with van der Waals surface area (Å²) in [4.78, 5) is 0. The van der Waals surface area contributed by atoms with Gasteiger partial charge in [0.05, 0.1) is 19.8 Å². The molecule has 6 heteroatoms. The van der Waals surface area contributed by atoms with Crippen molar-refractivity contribution in [2.45, 2.75) is 45.4 Å². The largest absolute Gasteiger partial charge is 0.399 e. The van der Waals surface area contributed by atoms with Gasteiger partial charge in [0.2, 0.25) is 0 Å². The van der Waals surface area contributed by atoms with Gasteiger partial charge in [-0.3, -0.25) is 0 Å². The Kier molecular flexibility index (Phi) is 9.91. The fourth-order valence-corrected chi connectivity index (χ4v) is 1.89. The van der Waals surface area contributed by atoms with Crippen LogP contribution in [0.15, 0.2) is 0 Å². The summed E-state index contributed by atoms with van der Waals surface area (Å²) in [5, 5.41) is 8.38. The standard InChI is InChI=1S/C10H22O5S/c1-2-3-4-5-6-7-9-14-16(12,13)15-10-8-11/h11H,2-10H2,1H3. The van der Waals surface area contributed by atoms with E-state index in [0.717, 1.165) is 12.8 Å². The summed E-state index contributed by atoms with van der Waals surface area (Å²) in [7, 11) is -3.90. The van der Waals surface area contributed by atoms with Crippen LogP contribution >= 0.6 is 0 Å². The van der Waals surface area contributed by atoms with Gasteiger partial charge in [-0.05, 0) is 6.42 Å². The first-order valence-electron chi connectivity index (χ1n) is 5.77. The summed E-state index contributed by atoms with van der Waals surface area (Å²) in [5.41, 5.74) is 0. The lowest BCUT2D eigenvalue weighted by molar-refractivity contribution is 0.167. The fraction of sp³-hybridized carbons (Fsp3) is 1.00. The molecule has 0 amide bonds. The molecule has 0 heterocycles. The summed E-state index contributed by atoms with van der Waals surface area (Å²) in [6.07, 6.45) is 6.39. The zero-order valence-corrected chi connectivity index (χ0v) is 10.7. The van der Waals surface area contributed by atoms with Gasteiger partial charge in [0.25, 0.3) is 0 Å². The molecule has 0 radical (unpaired) electrons. The van der Waals surface area contributed by atoms with Crippen LogP contribution in [0, 0.1) is 0 Å². The summed E-state index contributed by atoms with van der Waals surface area (Å²) in [6.45, 7) is 1.71. The number of unbranched alkanes of at least 4 members (excludes halogenated alkanes) is 5. The highest BCUT2D eigenvalue weighted by atomic mass is 32.3. The first kappa shape index (κ1) is 15.8. The molecule has 0 aliphatic carbocycles. The summed E-state index contributed by atoms with van der Waals surface area (Å²) >= 11 is 0. The molecule has 0 aromatic carbocycles. The molecule has 98 valence electrons. The van der Waals surface area contributed by atoms with Crippen LogP contribution < -0.4 is 0 Å². The normalized spacial score (nSPS) is 11.9. The molecule has 0 atom stereocenters. The maximum atomic E-state index is 11.0. The molecule has 0 saturated carbocycles. The second-order valence-corrected chi connectivity index (χ2v) is 4.83. The zero-order valence-electron chi connectivity index (χ0n) is 9.85. The maximum Gasteiger partial charge on any atom is 0.399 e. The molecule has 0 saturated heterocycles. The molecule has 0 aromatic rings. The van der Waals surface area contributed by atoms with Crippen molar-refractivity contribution in [2.24, 2.45) is 0 Å². The van der Waals surface area contributed by atoms with Crippen molar-refractivity contribution in [3.63, 3.8) is 0 Å². The van der Waals surface area contributed by atoms with Crippen LogP contribution in [-0.4, -0.2) is 33.3 Å². The molecule has 0 bridgehead atoms. The average Bonchev–Trinajstić information content (AvgIpc) is 2.25. The van der Waals surface area contributed by atoms with E-state index in [4.69, 9.17) is 5.11 Å². The summed E-state index contributed by atoms with van der Waals surface area (Å²) in [6, 6.07) is 0. The molecular weight excluding hydrogens is 232 g/mol. The Morgan fingerprint density at radius 2 is 1.50 bits per heavy atom. The number of aliphatic hydroxyl groups is 1. The smallest absolute Gasteiger partial charge is 0.394 e. The van der Waals surface area contributed by atoms with E-state index < -0.39 is 10.4 Å². The molecule has 0 aromatic heterocycles. The molecule has 0 rings (SSSR count). The number of hydrogen-bond donors (Lipinski definition) is 1. The molecule has 0 fully saturated rings. The Labute approximate surface area is 98.1 Å². The molecule has 0 unspecified atom stereocenters. The lowest BCUT2D eigenvalue weighted by Gasteiger charge is -2.04. The van der Waals surface area contributed by atoms with E-state index in [2.05, 4.69) is 15.3 Å². The van der Waals surface area contributed by atoms with E-state index in [1.807, 2.05) is 0 Å². The van der Waals surface area contributed by atoms with Crippen molar-refractivity contribution in [3.8, 4) is 0 Å². The van der Waals surface area contributed by atoms with Crippen LogP contribution in [-0.2, 0) is 18.8 Å². The van der Waals surface area contributed by atoms with E-state index in [1.165, 1.54) is 19.3 Å². The predicted octanol–water partition coefficient (Wildman–Crippen LogP) is 1.62. The Bertz CT molecular complexity index is 238. The van der Waals surface area contributed by atoms with E-state index in [0.29, 0.717) is 6.42 Å². The van der Waals surface area contributed by atoms with Gasteiger partial charge in [-0.2, -0.15) is 8.42 Å². The van der Waals surface area contributed by atoms with E-state index in [1.54, 1.807) is 0 Å². The van der Waals surface area contributed by atoms with Crippen LogP contribution in [0.4, 0.5) is 0 Å². The van der Waals surface area contributed by atoms with Gasteiger partial charge >= 0.3 is 10.4 Å². The third-order valence-electron chi connectivity index (χ3n) is 2.04. The van der Waals surface area contributed by atoms with Gasteiger partial charge in [-0.1, -0.05) is 39.0 Å². The molecule has 0 aliphatic heterocycles. The van der Waals surface area contributed by atoms with E-state index in [9.17, 15) is 8.42 Å². The van der Waals surface area contributed by atoms with Crippen molar-refractivity contribution < 1.29 is 21.9 Å². The van der Waals surface area contributed by atoms with Crippen LogP contribution in [0.25, 0.3) is 0 Å². The maximum absolute atomic E-state index is 11.0. The van der Waals surface area contributed by atoms with Gasteiger partial charge in [-0.15, -0.1) is 0 Å². The fourth-order valence-electron chi connectivity index (χ4n) is 1.22. The molecule has 5 nitrogen and oxygen atoms in total. The van der Waals surface area contributed by atoms with Gasteiger partial charge in [0.1, 0.15) is 0 Å². The second-order valence-electron chi connectivity index (χ2n) is 3.54. The van der Waals surface area contributed by atoms with Crippen LogP contribution in [0.5, 0.6) is 0 Å². The third kappa shape index (κ3) is 10.4. The van der Waals surface area contributed by atoms with Crippen molar-refractivity contribution in [2.75, 3.05) is 19.8 Å². The van der Waals surface area contributed by atoms with Crippen LogP contribution in [0.1, 0.15) is 45.4 Å². The van der Waals surface area contributed by atoms with Gasteiger partial charge < -0.3 is 5.11 Å². The zero-order chi connectivity index (χ0) is 12.3. The number of aliphatic hydroxyl groups excluding tert-OH is 1. The quantitative estimate of drug-likeness (QED) is 0.567. The topological polar surface area (TPSA) is 72.8 Å². The number of rotatable bonds is 11. The first-order chi connectivity index (χ1) is 7.62. The Morgan fingerprint density at radius 1 is 0.938 bits per heavy atom. The van der Waals surface area contributed by atoms with E-state index in [-0.39, 0.29) is 19.8 Å². The molecule has 16 heavy (non-hydrogen) atoms. The first-order valence-corrected chi connectivity index (χ1v) is 7.10.